The Bertz CT molecular complexity index is 678. The molecule has 2 aromatic rings. The van der Waals surface area contributed by atoms with Crippen LogP contribution in [0.25, 0.3) is 0 Å². The summed E-state index contributed by atoms with van der Waals surface area (Å²) in [6.07, 6.45) is 3.47. The maximum atomic E-state index is 5.99. The molecule has 0 radical (unpaired) electrons. The van der Waals surface area contributed by atoms with Gasteiger partial charge in [0, 0.05) is 30.1 Å². The maximum Gasteiger partial charge on any atom is 0.141 e. The molecule has 0 saturated carbocycles. The third-order valence-corrected chi connectivity index (χ3v) is 4.71. The molecule has 1 aliphatic heterocycles. The Kier molecular flexibility index (Phi) is 5.24. The van der Waals surface area contributed by atoms with Crippen LogP contribution in [0.1, 0.15) is 62.2 Å². The van der Waals surface area contributed by atoms with E-state index in [2.05, 4.69) is 56.0 Å². The summed E-state index contributed by atoms with van der Waals surface area (Å²) in [6.45, 7) is 10.3. The van der Waals surface area contributed by atoms with Crippen LogP contribution in [0, 0.1) is 6.92 Å². The molecule has 1 fully saturated rings. The van der Waals surface area contributed by atoms with Crippen molar-refractivity contribution in [2.24, 2.45) is 0 Å². The Morgan fingerprint density at radius 2 is 2.12 bits per heavy atom. The molecule has 4 nitrogen and oxygen atoms in total. The average Bonchev–Trinajstić information content (AvgIpc) is 3.14. The van der Waals surface area contributed by atoms with E-state index in [1.807, 2.05) is 6.07 Å². The molecule has 0 unspecified atom stereocenters. The summed E-state index contributed by atoms with van der Waals surface area (Å²) in [7, 11) is 0. The van der Waals surface area contributed by atoms with Gasteiger partial charge in [0.1, 0.15) is 11.5 Å². The predicted molar refractivity (Wildman–Crippen MR) is 95.2 cm³/mol. The van der Waals surface area contributed by atoms with E-state index in [-0.39, 0.29) is 6.10 Å². The van der Waals surface area contributed by atoms with Gasteiger partial charge in [-0.25, -0.2) is 0 Å². The third kappa shape index (κ3) is 3.48. The minimum atomic E-state index is 0.188. The minimum Gasteiger partial charge on any atom is -0.491 e. The van der Waals surface area contributed by atoms with Gasteiger partial charge in [0.15, 0.2) is 0 Å². The third-order valence-electron chi connectivity index (χ3n) is 4.71. The Hall–Kier alpha value is -1.81. The summed E-state index contributed by atoms with van der Waals surface area (Å²) < 4.78 is 11.5. The number of benzene rings is 1. The lowest BCUT2D eigenvalue weighted by Gasteiger charge is -2.26. The second-order valence-corrected chi connectivity index (χ2v) is 6.86. The first-order valence-corrected chi connectivity index (χ1v) is 9.03. The van der Waals surface area contributed by atoms with Crippen molar-refractivity contribution in [1.29, 1.82) is 0 Å². The molecule has 0 spiro atoms. The van der Waals surface area contributed by atoms with E-state index in [9.17, 15) is 0 Å². The summed E-state index contributed by atoms with van der Waals surface area (Å²) in [5, 5.41) is 4.20. The van der Waals surface area contributed by atoms with E-state index in [0.717, 1.165) is 36.7 Å². The Morgan fingerprint density at radius 1 is 1.33 bits per heavy atom. The zero-order valence-electron chi connectivity index (χ0n) is 15.2. The van der Waals surface area contributed by atoms with Gasteiger partial charge in [0.25, 0.3) is 0 Å². The van der Waals surface area contributed by atoms with Crippen LogP contribution in [-0.4, -0.2) is 22.7 Å². The minimum absolute atomic E-state index is 0.188. The largest absolute Gasteiger partial charge is 0.491 e. The van der Waals surface area contributed by atoms with Crippen LogP contribution < -0.4 is 4.74 Å². The number of para-hydroxylation sites is 1. The molecule has 0 amide bonds. The standard InChI is InChI=1S/C20H28N2O2/c1-5-18-20(15(4)21-24-18)17-10-8-12-22(17)13-16-9-6-7-11-19(16)23-14(2)3/h6-7,9,11,14,17H,5,8,10,12-13H2,1-4H3/t17-/m0/s1. The van der Waals surface area contributed by atoms with Gasteiger partial charge in [-0.3, -0.25) is 4.90 Å². The van der Waals surface area contributed by atoms with E-state index in [1.54, 1.807) is 0 Å². The van der Waals surface area contributed by atoms with E-state index in [0.29, 0.717) is 6.04 Å². The zero-order chi connectivity index (χ0) is 17.1. The second-order valence-electron chi connectivity index (χ2n) is 6.86. The molecule has 0 N–H and O–H groups in total. The number of rotatable bonds is 6. The number of nitrogens with zero attached hydrogens (tertiary/aromatic N) is 2. The van der Waals surface area contributed by atoms with Gasteiger partial charge in [0.05, 0.1) is 11.8 Å². The summed E-state index contributed by atoms with van der Waals surface area (Å²) in [5.74, 6) is 2.03. The first kappa shape index (κ1) is 17.0. The number of ether oxygens (including phenoxy) is 1. The first-order valence-electron chi connectivity index (χ1n) is 9.03. The van der Waals surface area contributed by atoms with E-state index in [4.69, 9.17) is 9.26 Å². The molecule has 0 bridgehead atoms. The fraction of sp³-hybridized carbons (Fsp3) is 0.550. The highest BCUT2D eigenvalue weighted by Gasteiger charge is 2.31. The van der Waals surface area contributed by atoms with Crippen molar-refractivity contribution in [2.75, 3.05) is 6.54 Å². The quantitative estimate of drug-likeness (QED) is 0.772. The normalized spacial score (nSPS) is 18.5. The fourth-order valence-electron chi connectivity index (χ4n) is 3.67. The highest BCUT2D eigenvalue weighted by atomic mass is 16.5. The lowest BCUT2D eigenvalue weighted by molar-refractivity contribution is 0.219. The summed E-state index contributed by atoms with van der Waals surface area (Å²) >= 11 is 0. The van der Waals surface area contributed by atoms with Gasteiger partial charge in [-0.2, -0.15) is 0 Å². The molecular weight excluding hydrogens is 300 g/mol. The number of hydrogen-bond donors (Lipinski definition) is 0. The lowest BCUT2D eigenvalue weighted by Crippen LogP contribution is -2.24. The number of aryl methyl sites for hydroxylation is 2. The van der Waals surface area contributed by atoms with Gasteiger partial charge in [0.2, 0.25) is 0 Å². The van der Waals surface area contributed by atoms with Crippen LogP contribution in [0.3, 0.4) is 0 Å². The molecule has 3 rings (SSSR count). The number of aromatic nitrogens is 1. The van der Waals surface area contributed by atoms with Crippen molar-refractivity contribution in [1.82, 2.24) is 10.1 Å². The van der Waals surface area contributed by atoms with Gasteiger partial charge in [-0.05, 0) is 46.2 Å². The summed E-state index contributed by atoms with van der Waals surface area (Å²) in [6, 6.07) is 8.78. The topological polar surface area (TPSA) is 38.5 Å². The van der Waals surface area contributed by atoms with Gasteiger partial charge in [-0.1, -0.05) is 30.3 Å². The van der Waals surface area contributed by atoms with Crippen molar-refractivity contribution < 1.29 is 9.26 Å². The van der Waals surface area contributed by atoms with Crippen molar-refractivity contribution in [2.45, 2.75) is 65.6 Å². The van der Waals surface area contributed by atoms with E-state index < -0.39 is 0 Å². The molecule has 1 aliphatic rings. The molecule has 1 saturated heterocycles. The monoisotopic (exact) mass is 328 g/mol. The van der Waals surface area contributed by atoms with E-state index >= 15 is 0 Å². The van der Waals surface area contributed by atoms with Crippen molar-refractivity contribution in [3.05, 3.63) is 46.8 Å². The molecule has 2 heterocycles. The highest BCUT2D eigenvalue weighted by molar-refractivity contribution is 5.34. The Morgan fingerprint density at radius 3 is 2.88 bits per heavy atom. The second kappa shape index (κ2) is 7.39. The van der Waals surface area contributed by atoms with Crippen molar-refractivity contribution in [3.63, 3.8) is 0 Å². The van der Waals surface area contributed by atoms with Crippen LogP contribution in [0.4, 0.5) is 0 Å². The van der Waals surface area contributed by atoms with Crippen LogP contribution in [0.15, 0.2) is 28.8 Å². The van der Waals surface area contributed by atoms with E-state index in [1.165, 1.54) is 24.0 Å². The Labute approximate surface area is 144 Å². The van der Waals surface area contributed by atoms with Crippen LogP contribution in [0.5, 0.6) is 5.75 Å². The summed E-state index contributed by atoms with van der Waals surface area (Å²) in [4.78, 5) is 2.54. The molecule has 130 valence electrons. The molecular formula is C20H28N2O2. The SMILES string of the molecule is CCc1onc(C)c1[C@@H]1CCCN1Cc1ccccc1OC(C)C. The van der Waals surface area contributed by atoms with Crippen molar-refractivity contribution in [3.8, 4) is 5.75 Å². The zero-order valence-corrected chi connectivity index (χ0v) is 15.2. The molecule has 1 atom stereocenters. The molecule has 1 aromatic heterocycles. The molecule has 1 aromatic carbocycles. The molecule has 24 heavy (non-hydrogen) atoms. The van der Waals surface area contributed by atoms with Crippen LogP contribution in [-0.2, 0) is 13.0 Å². The summed E-state index contributed by atoms with van der Waals surface area (Å²) in [5.41, 5.74) is 3.60. The Balaban J connectivity index is 1.83. The highest BCUT2D eigenvalue weighted by Crippen LogP contribution is 2.37. The fourth-order valence-corrected chi connectivity index (χ4v) is 3.67. The van der Waals surface area contributed by atoms with Crippen LogP contribution in [0.2, 0.25) is 0 Å². The average molecular weight is 328 g/mol. The van der Waals surface area contributed by atoms with Gasteiger partial charge >= 0.3 is 0 Å². The number of likely N-dealkylation sites (tertiary alicyclic amines) is 1. The maximum absolute atomic E-state index is 5.99. The predicted octanol–water partition coefficient (Wildman–Crippen LogP) is 4.67. The van der Waals surface area contributed by atoms with Gasteiger partial charge < -0.3 is 9.26 Å². The lowest BCUT2D eigenvalue weighted by atomic mass is 10.0. The van der Waals surface area contributed by atoms with Crippen LogP contribution >= 0.6 is 0 Å². The number of hydrogen-bond acceptors (Lipinski definition) is 4. The van der Waals surface area contributed by atoms with Gasteiger partial charge in [-0.15, -0.1) is 0 Å². The first-order chi connectivity index (χ1) is 11.6. The molecule has 4 heteroatoms. The molecule has 0 aliphatic carbocycles. The smallest absolute Gasteiger partial charge is 0.141 e. The van der Waals surface area contributed by atoms with Crippen molar-refractivity contribution >= 4 is 0 Å².